The van der Waals surface area contributed by atoms with Gasteiger partial charge in [0.05, 0.1) is 0 Å². The third-order valence-corrected chi connectivity index (χ3v) is 4.09. The molecule has 1 atom stereocenters. The number of hydrogen-bond acceptors (Lipinski definition) is 2. The Hall–Kier alpha value is -1.35. The average Bonchev–Trinajstić information content (AvgIpc) is 2.49. The zero-order valence-electron chi connectivity index (χ0n) is 12.5. The molecule has 1 aromatic rings. The zero-order chi connectivity index (χ0) is 14.2. The number of hydrogen-bond donors (Lipinski definition) is 1. The van der Waals surface area contributed by atoms with Crippen molar-refractivity contribution in [2.75, 3.05) is 26.7 Å². The van der Waals surface area contributed by atoms with E-state index in [2.05, 4.69) is 29.6 Å². The summed E-state index contributed by atoms with van der Waals surface area (Å²) in [6, 6.07) is 10.5. The van der Waals surface area contributed by atoms with Crippen LogP contribution in [-0.2, 0) is 11.2 Å². The van der Waals surface area contributed by atoms with Crippen molar-refractivity contribution < 1.29 is 4.79 Å². The van der Waals surface area contributed by atoms with Crippen LogP contribution in [0.15, 0.2) is 30.3 Å². The summed E-state index contributed by atoms with van der Waals surface area (Å²) in [6.07, 6.45) is 5.18. The van der Waals surface area contributed by atoms with Crippen LogP contribution in [0.1, 0.15) is 31.2 Å². The summed E-state index contributed by atoms with van der Waals surface area (Å²) < 4.78 is 0. The van der Waals surface area contributed by atoms with E-state index in [0.29, 0.717) is 18.2 Å². The first kappa shape index (κ1) is 15.0. The van der Waals surface area contributed by atoms with Crippen LogP contribution in [0.4, 0.5) is 0 Å². The van der Waals surface area contributed by atoms with Gasteiger partial charge in [0.15, 0.2) is 0 Å². The van der Waals surface area contributed by atoms with Gasteiger partial charge in [-0.15, -0.1) is 0 Å². The van der Waals surface area contributed by atoms with E-state index >= 15 is 0 Å². The van der Waals surface area contributed by atoms with Crippen LogP contribution in [0.25, 0.3) is 0 Å². The monoisotopic (exact) mass is 274 g/mol. The van der Waals surface area contributed by atoms with Crippen LogP contribution in [0.2, 0.25) is 0 Å². The fraction of sp³-hybridized carbons (Fsp3) is 0.588. The molecule has 1 aromatic carbocycles. The molecule has 1 unspecified atom stereocenters. The lowest BCUT2D eigenvalue weighted by atomic mass is 9.95. The van der Waals surface area contributed by atoms with Gasteiger partial charge in [-0.25, -0.2) is 0 Å². The minimum Gasteiger partial charge on any atom is -0.346 e. The smallest absolute Gasteiger partial charge is 0.222 e. The minimum atomic E-state index is 0.298. The fourth-order valence-electron chi connectivity index (χ4n) is 2.79. The number of nitrogens with one attached hydrogen (secondary N) is 1. The highest BCUT2D eigenvalue weighted by atomic mass is 16.2. The molecule has 1 fully saturated rings. The summed E-state index contributed by atoms with van der Waals surface area (Å²) in [4.78, 5) is 14.1. The number of carbonyl (C=O) groups excluding carboxylic acids is 1. The Bertz CT molecular complexity index is 399. The molecule has 110 valence electrons. The number of benzene rings is 1. The molecule has 3 heteroatoms. The van der Waals surface area contributed by atoms with Gasteiger partial charge in [0.1, 0.15) is 0 Å². The highest BCUT2D eigenvalue weighted by Gasteiger charge is 2.18. The van der Waals surface area contributed by atoms with Crippen molar-refractivity contribution in [3.8, 4) is 0 Å². The Morgan fingerprint density at radius 2 is 2.15 bits per heavy atom. The van der Waals surface area contributed by atoms with E-state index in [-0.39, 0.29) is 0 Å². The van der Waals surface area contributed by atoms with Crippen molar-refractivity contribution >= 4 is 5.91 Å². The van der Waals surface area contributed by atoms with Crippen LogP contribution in [0.5, 0.6) is 0 Å². The quantitative estimate of drug-likeness (QED) is 0.864. The van der Waals surface area contributed by atoms with Gasteiger partial charge < -0.3 is 10.2 Å². The molecular formula is C17H26N2O. The van der Waals surface area contributed by atoms with E-state index in [1.807, 2.05) is 18.0 Å². The molecule has 0 radical (unpaired) electrons. The summed E-state index contributed by atoms with van der Waals surface area (Å²) in [7, 11) is 1.93. The standard InChI is InChI=1S/C17H26N2O/c1-19(12-6-10-15-7-3-2-4-8-15)17(20)13-16-9-5-11-18-14-16/h2-4,7-8,16,18H,5-6,9-14H2,1H3. The first-order valence-electron chi connectivity index (χ1n) is 7.74. The molecule has 1 saturated heterocycles. The van der Waals surface area contributed by atoms with E-state index in [1.54, 1.807) is 0 Å². The number of piperidine rings is 1. The molecule has 1 N–H and O–H groups in total. The third kappa shape index (κ3) is 4.97. The van der Waals surface area contributed by atoms with Gasteiger partial charge in [-0.2, -0.15) is 0 Å². The maximum absolute atomic E-state index is 12.2. The van der Waals surface area contributed by atoms with Gasteiger partial charge in [0, 0.05) is 20.0 Å². The van der Waals surface area contributed by atoms with Crippen molar-refractivity contribution in [1.82, 2.24) is 10.2 Å². The van der Waals surface area contributed by atoms with Crippen LogP contribution >= 0.6 is 0 Å². The van der Waals surface area contributed by atoms with Crippen LogP contribution in [-0.4, -0.2) is 37.5 Å². The maximum Gasteiger partial charge on any atom is 0.222 e. The van der Waals surface area contributed by atoms with Crippen LogP contribution in [0.3, 0.4) is 0 Å². The fourth-order valence-corrected chi connectivity index (χ4v) is 2.79. The number of aryl methyl sites for hydroxylation is 1. The van der Waals surface area contributed by atoms with Crippen molar-refractivity contribution in [1.29, 1.82) is 0 Å². The maximum atomic E-state index is 12.2. The van der Waals surface area contributed by atoms with Crippen LogP contribution < -0.4 is 5.32 Å². The molecule has 0 spiro atoms. The SMILES string of the molecule is CN(CCCc1ccccc1)C(=O)CC1CCCNC1. The molecule has 0 aliphatic carbocycles. The summed E-state index contributed by atoms with van der Waals surface area (Å²) in [5.41, 5.74) is 1.35. The molecule has 3 nitrogen and oxygen atoms in total. The van der Waals surface area contributed by atoms with Gasteiger partial charge >= 0.3 is 0 Å². The second-order valence-corrected chi connectivity index (χ2v) is 5.82. The van der Waals surface area contributed by atoms with Crippen LogP contribution in [0, 0.1) is 5.92 Å². The lowest BCUT2D eigenvalue weighted by molar-refractivity contribution is -0.131. The molecule has 1 heterocycles. The molecule has 20 heavy (non-hydrogen) atoms. The van der Waals surface area contributed by atoms with Gasteiger partial charge in [0.2, 0.25) is 5.91 Å². The molecule has 0 saturated carbocycles. The highest BCUT2D eigenvalue weighted by Crippen LogP contribution is 2.15. The lowest BCUT2D eigenvalue weighted by Gasteiger charge is -2.25. The molecule has 1 aliphatic rings. The molecule has 2 rings (SSSR count). The molecule has 0 bridgehead atoms. The Kier molecular flexibility index (Phi) is 6.06. The van der Waals surface area contributed by atoms with Gasteiger partial charge in [-0.05, 0) is 50.3 Å². The number of nitrogens with zero attached hydrogens (tertiary/aromatic N) is 1. The lowest BCUT2D eigenvalue weighted by Crippen LogP contribution is -2.35. The van der Waals surface area contributed by atoms with E-state index in [9.17, 15) is 4.79 Å². The largest absolute Gasteiger partial charge is 0.346 e. The summed E-state index contributed by atoms with van der Waals surface area (Å²) in [5, 5.41) is 3.37. The van der Waals surface area contributed by atoms with Gasteiger partial charge in [0.25, 0.3) is 0 Å². The number of carbonyl (C=O) groups is 1. The highest BCUT2D eigenvalue weighted by molar-refractivity contribution is 5.76. The molecular weight excluding hydrogens is 248 g/mol. The predicted octanol–water partition coefficient (Wildman–Crippen LogP) is 2.47. The minimum absolute atomic E-state index is 0.298. The molecule has 1 aliphatic heterocycles. The topological polar surface area (TPSA) is 32.3 Å². The Labute approximate surface area is 122 Å². The number of amides is 1. The normalized spacial score (nSPS) is 18.8. The van der Waals surface area contributed by atoms with Crippen molar-refractivity contribution in [3.05, 3.63) is 35.9 Å². The third-order valence-electron chi connectivity index (χ3n) is 4.09. The van der Waals surface area contributed by atoms with E-state index < -0.39 is 0 Å². The van der Waals surface area contributed by atoms with E-state index in [0.717, 1.165) is 32.5 Å². The Morgan fingerprint density at radius 3 is 2.85 bits per heavy atom. The van der Waals surface area contributed by atoms with Gasteiger partial charge in [-0.1, -0.05) is 30.3 Å². The Morgan fingerprint density at radius 1 is 1.35 bits per heavy atom. The predicted molar refractivity (Wildman–Crippen MR) is 82.6 cm³/mol. The van der Waals surface area contributed by atoms with Crippen molar-refractivity contribution in [2.24, 2.45) is 5.92 Å². The van der Waals surface area contributed by atoms with Crippen molar-refractivity contribution in [3.63, 3.8) is 0 Å². The summed E-state index contributed by atoms with van der Waals surface area (Å²) in [6.45, 7) is 2.97. The summed E-state index contributed by atoms with van der Waals surface area (Å²) >= 11 is 0. The van der Waals surface area contributed by atoms with E-state index in [1.165, 1.54) is 18.4 Å². The second-order valence-electron chi connectivity index (χ2n) is 5.82. The first-order valence-corrected chi connectivity index (χ1v) is 7.74. The zero-order valence-corrected chi connectivity index (χ0v) is 12.5. The number of rotatable bonds is 6. The molecule has 0 aromatic heterocycles. The second kappa shape index (κ2) is 8.05. The Balaban J connectivity index is 1.65. The summed E-state index contributed by atoms with van der Waals surface area (Å²) in [5.74, 6) is 0.833. The average molecular weight is 274 g/mol. The van der Waals surface area contributed by atoms with Crippen molar-refractivity contribution in [2.45, 2.75) is 32.1 Å². The molecule has 1 amide bonds. The van der Waals surface area contributed by atoms with Gasteiger partial charge in [-0.3, -0.25) is 4.79 Å². The first-order chi connectivity index (χ1) is 9.75. The van der Waals surface area contributed by atoms with E-state index in [4.69, 9.17) is 0 Å².